The van der Waals surface area contributed by atoms with Crippen molar-refractivity contribution in [3.63, 3.8) is 0 Å². The Morgan fingerprint density at radius 1 is 1.20 bits per heavy atom. The summed E-state index contributed by atoms with van der Waals surface area (Å²) in [6.07, 6.45) is 2.02. The molecule has 0 aliphatic carbocycles. The van der Waals surface area contributed by atoms with Crippen LogP contribution in [0.25, 0.3) is 6.08 Å². The van der Waals surface area contributed by atoms with Crippen molar-refractivity contribution in [2.45, 2.75) is 20.4 Å². The maximum atomic E-state index is 9.82. The number of anilines is 1. The number of nitrogens with one attached hydrogen (secondary N) is 1. The van der Waals surface area contributed by atoms with E-state index >= 15 is 0 Å². The summed E-state index contributed by atoms with van der Waals surface area (Å²) in [5.41, 5.74) is 4.96. The number of nitriles is 1. The summed E-state index contributed by atoms with van der Waals surface area (Å²) in [5.74, 6) is 1.12. The second kappa shape index (κ2) is 6.89. The molecule has 0 bridgehead atoms. The summed E-state index contributed by atoms with van der Waals surface area (Å²) in [7, 11) is 0. The van der Waals surface area contributed by atoms with Crippen LogP contribution in [-0.2, 0) is 6.54 Å². The molecule has 3 heterocycles. The van der Waals surface area contributed by atoms with E-state index in [4.69, 9.17) is 15.1 Å². The predicted octanol–water partition coefficient (Wildman–Crippen LogP) is 2.93. The van der Waals surface area contributed by atoms with Gasteiger partial charge in [0.25, 0.3) is 0 Å². The highest BCUT2D eigenvalue weighted by molar-refractivity contribution is 5.69. The lowest BCUT2D eigenvalue weighted by atomic mass is 10.1. The highest BCUT2D eigenvalue weighted by Crippen LogP contribution is 2.33. The fourth-order valence-electron chi connectivity index (χ4n) is 4.16. The number of aromatic nitrogens is 1. The first-order valence-electron chi connectivity index (χ1n) is 10.1. The van der Waals surface area contributed by atoms with Crippen molar-refractivity contribution in [3.8, 4) is 17.6 Å². The number of hydrogen-bond donors (Lipinski definition) is 1. The van der Waals surface area contributed by atoms with E-state index in [0.717, 1.165) is 40.8 Å². The van der Waals surface area contributed by atoms with Gasteiger partial charge in [-0.05, 0) is 43.7 Å². The summed E-state index contributed by atoms with van der Waals surface area (Å²) in [6.45, 7) is 6.55. The molecule has 1 aromatic heterocycles. The molecule has 5 rings (SSSR count). The summed E-state index contributed by atoms with van der Waals surface area (Å²) < 4.78 is 8.03. The molecule has 0 unspecified atom stereocenters. The Balaban J connectivity index is 1.80. The zero-order valence-electron chi connectivity index (χ0n) is 16.9. The number of ether oxygens (including phenoxy) is 1. The molecule has 1 N–H and O–H groups in total. The van der Waals surface area contributed by atoms with E-state index in [1.165, 1.54) is 0 Å². The van der Waals surface area contributed by atoms with Crippen molar-refractivity contribution in [3.05, 3.63) is 75.3 Å². The van der Waals surface area contributed by atoms with E-state index in [1.54, 1.807) is 4.57 Å². The number of hydrogen-bond acceptors (Lipinski definition) is 5. The molecular formula is C24H21N5O. The molecule has 0 spiro atoms. The molecule has 0 radical (unpaired) electrons. The monoisotopic (exact) mass is 395 g/mol. The van der Waals surface area contributed by atoms with Crippen LogP contribution in [-0.4, -0.2) is 17.7 Å². The fourth-order valence-corrected chi connectivity index (χ4v) is 4.16. The van der Waals surface area contributed by atoms with E-state index in [2.05, 4.69) is 30.9 Å². The van der Waals surface area contributed by atoms with Crippen molar-refractivity contribution < 1.29 is 4.74 Å². The second-order valence-corrected chi connectivity index (χ2v) is 7.37. The summed E-state index contributed by atoms with van der Waals surface area (Å²) in [6, 6.07) is 16.2. The minimum atomic E-state index is 0.126. The lowest BCUT2D eigenvalue weighted by molar-refractivity contribution is 0.462. The number of pyridine rings is 1. The van der Waals surface area contributed by atoms with E-state index in [9.17, 15) is 5.26 Å². The highest BCUT2D eigenvalue weighted by Gasteiger charge is 2.23. The van der Waals surface area contributed by atoms with Gasteiger partial charge in [-0.15, -0.1) is 0 Å². The molecule has 2 aliphatic rings. The first-order chi connectivity index (χ1) is 14.6. The third-order valence-electron chi connectivity index (χ3n) is 5.77. The predicted molar refractivity (Wildman–Crippen MR) is 115 cm³/mol. The molecule has 0 saturated heterocycles. The van der Waals surface area contributed by atoms with Gasteiger partial charge in [0.1, 0.15) is 28.4 Å². The maximum Gasteiger partial charge on any atom is 0.159 e. The van der Waals surface area contributed by atoms with Gasteiger partial charge in [-0.1, -0.05) is 18.2 Å². The lowest BCUT2D eigenvalue weighted by Gasteiger charge is -2.24. The van der Waals surface area contributed by atoms with E-state index in [1.807, 2.05) is 42.5 Å². The van der Waals surface area contributed by atoms with Gasteiger partial charge in [-0.25, -0.2) is 4.99 Å². The SMILES string of the molecule is CCN(CC)c1ccc2c(c1)Oc1c(C#N)c(=N)n3c(c1=C2)=Nc1ccccc1C3. The maximum absolute atomic E-state index is 9.82. The van der Waals surface area contributed by atoms with E-state index in [-0.39, 0.29) is 11.1 Å². The van der Waals surface area contributed by atoms with Gasteiger partial charge in [-0.3, -0.25) is 5.41 Å². The quantitative estimate of drug-likeness (QED) is 0.510. The third kappa shape index (κ3) is 2.63. The number of fused-ring (bicyclic) bond motifs is 5. The molecule has 0 saturated carbocycles. The molecule has 148 valence electrons. The Labute approximate surface area is 174 Å². The van der Waals surface area contributed by atoms with Crippen LogP contribution in [0.2, 0.25) is 0 Å². The minimum absolute atomic E-state index is 0.126. The Kier molecular flexibility index (Phi) is 4.18. The molecule has 0 atom stereocenters. The molecule has 0 fully saturated rings. The molecule has 30 heavy (non-hydrogen) atoms. The number of para-hydroxylation sites is 1. The Hall–Kier alpha value is -3.85. The summed E-state index contributed by atoms with van der Waals surface area (Å²) in [4.78, 5) is 7.06. The smallest absolute Gasteiger partial charge is 0.159 e. The van der Waals surface area contributed by atoms with Crippen LogP contribution < -0.4 is 25.8 Å². The van der Waals surface area contributed by atoms with Gasteiger partial charge in [0.15, 0.2) is 5.75 Å². The van der Waals surface area contributed by atoms with Gasteiger partial charge in [0.2, 0.25) is 0 Å². The highest BCUT2D eigenvalue weighted by atomic mass is 16.5. The van der Waals surface area contributed by atoms with Crippen LogP contribution in [0.1, 0.15) is 30.5 Å². The van der Waals surface area contributed by atoms with Crippen LogP contribution in [0.4, 0.5) is 11.4 Å². The summed E-state index contributed by atoms with van der Waals surface area (Å²) in [5, 5.41) is 19.2. The second-order valence-electron chi connectivity index (χ2n) is 7.37. The van der Waals surface area contributed by atoms with Gasteiger partial charge in [-0.2, -0.15) is 5.26 Å². The van der Waals surface area contributed by atoms with Crippen molar-refractivity contribution >= 4 is 17.5 Å². The molecule has 0 amide bonds. The van der Waals surface area contributed by atoms with Crippen molar-refractivity contribution in [2.75, 3.05) is 18.0 Å². The van der Waals surface area contributed by atoms with Crippen LogP contribution in [0.15, 0.2) is 47.5 Å². The molecule has 6 nitrogen and oxygen atoms in total. The van der Waals surface area contributed by atoms with Gasteiger partial charge in [0.05, 0.1) is 17.5 Å². The van der Waals surface area contributed by atoms with Gasteiger partial charge < -0.3 is 14.2 Å². The lowest BCUT2D eigenvalue weighted by Crippen LogP contribution is -2.47. The Bertz CT molecular complexity index is 1410. The van der Waals surface area contributed by atoms with Crippen molar-refractivity contribution in [1.29, 1.82) is 10.7 Å². The zero-order valence-corrected chi connectivity index (χ0v) is 16.9. The molecule has 3 aromatic rings. The number of nitrogens with zero attached hydrogens (tertiary/aromatic N) is 4. The van der Waals surface area contributed by atoms with Crippen molar-refractivity contribution in [2.24, 2.45) is 4.99 Å². The first-order valence-corrected chi connectivity index (χ1v) is 10.1. The largest absolute Gasteiger partial charge is 0.454 e. The molecule has 6 heteroatoms. The molecule has 2 aliphatic heterocycles. The van der Waals surface area contributed by atoms with Crippen LogP contribution >= 0.6 is 0 Å². The zero-order chi connectivity index (χ0) is 20.8. The third-order valence-corrected chi connectivity index (χ3v) is 5.77. The average molecular weight is 395 g/mol. The van der Waals surface area contributed by atoms with E-state index in [0.29, 0.717) is 23.5 Å². The van der Waals surface area contributed by atoms with E-state index < -0.39 is 0 Å². The minimum Gasteiger partial charge on any atom is -0.454 e. The fraction of sp³-hybridized carbons (Fsp3) is 0.208. The molecular weight excluding hydrogens is 374 g/mol. The first kappa shape index (κ1) is 18.2. The molecule has 2 aromatic carbocycles. The van der Waals surface area contributed by atoms with Gasteiger partial charge in [0, 0.05) is 30.4 Å². The Morgan fingerprint density at radius 2 is 2.00 bits per heavy atom. The number of rotatable bonds is 3. The number of benzene rings is 2. The van der Waals surface area contributed by atoms with Crippen LogP contribution in [0, 0.1) is 16.7 Å². The normalized spacial score (nSPS) is 12.7. The van der Waals surface area contributed by atoms with Crippen LogP contribution in [0.3, 0.4) is 0 Å². The van der Waals surface area contributed by atoms with Crippen molar-refractivity contribution in [1.82, 2.24) is 4.57 Å². The standard InChI is InChI=1S/C24H21N5O/c1-3-28(4-2)17-10-9-15-11-18-22(30-21(15)12-17)19(13-25)23(26)29-14-16-7-5-6-8-20(16)27-24(18)29/h5-12,26H,3-4,14H2,1-2H3. The Morgan fingerprint density at radius 3 is 2.77 bits per heavy atom. The van der Waals surface area contributed by atoms with Gasteiger partial charge >= 0.3 is 0 Å². The average Bonchev–Trinajstić information content (AvgIpc) is 2.78. The summed E-state index contributed by atoms with van der Waals surface area (Å²) >= 11 is 0. The topological polar surface area (TPSA) is 77.4 Å². The van der Waals surface area contributed by atoms with Crippen LogP contribution in [0.5, 0.6) is 11.5 Å².